The number of thiazole rings is 1. The van der Waals surface area contributed by atoms with Crippen molar-refractivity contribution in [1.82, 2.24) is 4.98 Å². The molecule has 0 saturated heterocycles. The average Bonchev–Trinajstić information content (AvgIpc) is 3.52. The molecule has 0 unspecified atom stereocenters. The van der Waals surface area contributed by atoms with E-state index in [0.717, 1.165) is 35.3 Å². The van der Waals surface area contributed by atoms with E-state index in [-0.39, 0.29) is 16.9 Å². The molecule has 10 heteroatoms. The Kier molecular flexibility index (Phi) is 8.58. The first-order valence-corrected chi connectivity index (χ1v) is 12.9. The Labute approximate surface area is 217 Å². The Morgan fingerprint density at radius 3 is 2.65 bits per heavy atom. The minimum Gasteiger partial charge on any atom is -0.493 e. The van der Waals surface area contributed by atoms with Crippen molar-refractivity contribution in [3.63, 3.8) is 0 Å². The molecule has 0 bridgehead atoms. The zero-order valence-electron chi connectivity index (χ0n) is 20.6. The van der Waals surface area contributed by atoms with Gasteiger partial charge in [0.1, 0.15) is 10.8 Å². The molecule has 1 aliphatic rings. The van der Waals surface area contributed by atoms with Gasteiger partial charge < -0.3 is 18.9 Å². The van der Waals surface area contributed by atoms with Crippen LogP contribution in [0.1, 0.15) is 48.9 Å². The third-order valence-corrected chi connectivity index (χ3v) is 6.95. The van der Waals surface area contributed by atoms with Crippen molar-refractivity contribution in [2.75, 3.05) is 26.9 Å². The van der Waals surface area contributed by atoms with Gasteiger partial charge in [-0.1, -0.05) is 6.07 Å². The van der Waals surface area contributed by atoms with Crippen molar-refractivity contribution >= 4 is 17.3 Å². The minimum absolute atomic E-state index is 0.161. The highest BCUT2D eigenvalue weighted by Crippen LogP contribution is 2.38. The molecule has 6 nitrogen and oxygen atoms in total. The van der Waals surface area contributed by atoms with Gasteiger partial charge in [-0.05, 0) is 67.1 Å². The lowest BCUT2D eigenvalue weighted by atomic mass is 9.98. The number of methoxy groups -OCH3 is 1. The van der Waals surface area contributed by atoms with Gasteiger partial charge in [-0.3, -0.25) is 4.79 Å². The van der Waals surface area contributed by atoms with E-state index in [1.54, 1.807) is 18.2 Å². The number of carbonyl (C=O) groups is 1. The van der Waals surface area contributed by atoms with E-state index in [2.05, 4.69) is 4.98 Å². The van der Waals surface area contributed by atoms with E-state index in [4.69, 9.17) is 18.9 Å². The van der Waals surface area contributed by atoms with Crippen molar-refractivity contribution < 1.29 is 36.9 Å². The highest BCUT2D eigenvalue weighted by atomic mass is 32.1. The summed E-state index contributed by atoms with van der Waals surface area (Å²) in [6, 6.07) is 10.9. The predicted octanol–water partition coefficient (Wildman–Crippen LogP) is 6.67. The SMILES string of the molecule is CCOC(=O)C[C@@H]1CCc2cc(OCCCOc3ccc(-c4nc(C(F)(F)F)cs4)cc3OC)ccc21. The summed E-state index contributed by atoms with van der Waals surface area (Å²) < 4.78 is 60.7. The van der Waals surface area contributed by atoms with Crippen LogP contribution in [0.4, 0.5) is 13.2 Å². The normalized spacial score (nSPS) is 14.8. The Hall–Kier alpha value is -3.27. The van der Waals surface area contributed by atoms with Crippen molar-refractivity contribution in [3.8, 4) is 27.8 Å². The molecule has 1 atom stereocenters. The van der Waals surface area contributed by atoms with Gasteiger partial charge in [0.25, 0.3) is 0 Å². The number of rotatable bonds is 11. The molecule has 0 fully saturated rings. The van der Waals surface area contributed by atoms with E-state index >= 15 is 0 Å². The molecule has 3 aromatic rings. The summed E-state index contributed by atoms with van der Waals surface area (Å²) in [5, 5.41) is 1.25. The molecule has 0 aliphatic heterocycles. The first-order valence-electron chi connectivity index (χ1n) is 12.0. The summed E-state index contributed by atoms with van der Waals surface area (Å²) >= 11 is 0.924. The van der Waals surface area contributed by atoms with Crippen LogP contribution in [0.25, 0.3) is 10.6 Å². The molecule has 1 aromatic heterocycles. The van der Waals surface area contributed by atoms with E-state index in [1.807, 2.05) is 25.1 Å². The average molecular weight is 536 g/mol. The molecule has 0 spiro atoms. The van der Waals surface area contributed by atoms with Gasteiger partial charge in [-0.15, -0.1) is 11.3 Å². The molecular formula is C27H28F3NO5S. The zero-order valence-corrected chi connectivity index (χ0v) is 21.4. The van der Waals surface area contributed by atoms with Crippen LogP contribution < -0.4 is 14.2 Å². The number of fused-ring (bicyclic) bond motifs is 1. The van der Waals surface area contributed by atoms with Gasteiger partial charge in [-0.2, -0.15) is 13.2 Å². The standard InChI is InChI=1S/C27H28F3NO5S/c1-3-34-25(32)15-18-6-5-17-13-20(8-9-21(17)18)35-11-4-12-36-22-10-7-19(14-23(22)33-2)26-31-24(16-37-26)27(28,29)30/h7-10,13-14,16,18H,3-6,11-12,15H2,1-2H3/t18-/m0/s1. The third kappa shape index (κ3) is 6.74. The fourth-order valence-corrected chi connectivity index (χ4v) is 5.12. The molecule has 0 radical (unpaired) electrons. The topological polar surface area (TPSA) is 66.9 Å². The highest BCUT2D eigenvalue weighted by Gasteiger charge is 2.34. The summed E-state index contributed by atoms with van der Waals surface area (Å²) in [4.78, 5) is 15.5. The fraction of sp³-hybridized carbons (Fsp3) is 0.407. The lowest BCUT2D eigenvalue weighted by molar-refractivity contribution is -0.143. The van der Waals surface area contributed by atoms with Gasteiger partial charge >= 0.3 is 12.1 Å². The molecule has 0 N–H and O–H groups in total. The lowest BCUT2D eigenvalue weighted by Crippen LogP contribution is -2.08. The second-order valence-electron chi connectivity index (χ2n) is 8.56. The Balaban J connectivity index is 1.26. The van der Waals surface area contributed by atoms with Crippen LogP contribution in [-0.4, -0.2) is 37.9 Å². The highest BCUT2D eigenvalue weighted by molar-refractivity contribution is 7.13. The van der Waals surface area contributed by atoms with Crippen LogP contribution in [0.15, 0.2) is 41.8 Å². The van der Waals surface area contributed by atoms with E-state index in [0.29, 0.717) is 49.7 Å². The van der Waals surface area contributed by atoms with Crippen LogP contribution >= 0.6 is 11.3 Å². The van der Waals surface area contributed by atoms with Crippen molar-refractivity contribution in [2.45, 2.75) is 44.7 Å². The molecule has 2 aromatic carbocycles. The molecule has 1 aliphatic carbocycles. The van der Waals surface area contributed by atoms with E-state index < -0.39 is 11.9 Å². The molecule has 0 amide bonds. The summed E-state index contributed by atoms with van der Waals surface area (Å²) in [7, 11) is 1.48. The minimum atomic E-state index is -4.48. The number of alkyl halides is 3. The Morgan fingerprint density at radius 1 is 1.11 bits per heavy atom. The first kappa shape index (κ1) is 26.8. The lowest BCUT2D eigenvalue weighted by Gasteiger charge is -2.13. The molecule has 198 valence electrons. The summed E-state index contributed by atoms with van der Waals surface area (Å²) in [5.74, 6) is 1.72. The number of hydrogen-bond donors (Lipinski definition) is 0. The maximum absolute atomic E-state index is 12.8. The number of halogens is 3. The summed E-state index contributed by atoms with van der Waals surface area (Å²) in [5.41, 5.74) is 2.00. The Morgan fingerprint density at radius 2 is 1.92 bits per heavy atom. The van der Waals surface area contributed by atoms with Gasteiger partial charge in [0, 0.05) is 17.4 Å². The van der Waals surface area contributed by atoms with Gasteiger partial charge in [-0.25, -0.2) is 4.98 Å². The molecule has 0 saturated carbocycles. The van der Waals surface area contributed by atoms with Crippen molar-refractivity contribution in [3.05, 3.63) is 58.6 Å². The van der Waals surface area contributed by atoms with Gasteiger partial charge in [0.05, 0.1) is 33.4 Å². The van der Waals surface area contributed by atoms with Crippen LogP contribution in [-0.2, 0) is 22.1 Å². The second kappa shape index (κ2) is 11.9. The number of aromatic nitrogens is 1. The number of ether oxygens (including phenoxy) is 4. The predicted molar refractivity (Wildman–Crippen MR) is 133 cm³/mol. The number of benzene rings is 2. The van der Waals surface area contributed by atoms with Crippen molar-refractivity contribution in [1.29, 1.82) is 0 Å². The van der Waals surface area contributed by atoms with E-state index in [9.17, 15) is 18.0 Å². The quantitative estimate of drug-likeness (QED) is 0.202. The van der Waals surface area contributed by atoms with Crippen molar-refractivity contribution in [2.24, 2.45) is 0 Å². The summed E-state index contributed by atoms with van der Waals surface area (Å²) in [6.45, 7) is 3.03. The number of aryl methyl sites for hydroxylation is 1. The van der Waals surface area contributed by atoms with Crippen LogP contribution in [0.2, 0.25) is 0 Å². The van der Waals surface area contributed by atoms with Gasteiger partial charge in [0.2, 0.25) is 0 Å². The van der Waals surface area contributed by atoms with Crippen LogP contribution in [0, 0.1) is 0 Å². The molecular weight excluding hydrogens is 507 g/mol. The van der Waals surface area contributed by atoms with E-state index in [1.165, 1.54) is 18.2 Å². The maximum Gasteiger partial charge on any atom is 0.434 e. The van der Waals surface area contributed by atoms with Crippen LogP contribution in [0.5, 0.6) is 17.2 Å². The molecule has 37 heavy (non-hydrogen) atoms. The zero-order chi connectivity index (χ0) is 26.4. The number of esters is 1. The maximum atomic E-state index is 12.8. The molecule has 1 heterocycles. The Bertz CT molecular complexity index is 1230. The summed E-state index contributed by atoms with van der Waals surface area (Å²) in [6.07, 6.45) is -1.61. The fourth-order valence-electron chi connectivity index (χ4n) is 4.29. The number of hydrogen-bond acceptors (Lipinski definition) is 7. The van der Waals surface area contributed by atoms with Gasteiger partial charge in [0.15, 0.2) is 17.2 Å². The smallest absolute Gasteiger partial charge is 0.434 e. The first-order chi connectivity index (χ1) is 17.8. The number of carbonyl (C=O) groups excluding carboxylic acids is 1. The molecule has 4 rings (SSSR count). The van der Waals surface area contributed by atoms with Crippen LogP contribution in [0.3, 0.4) is 0 Å². The third-order valence-electron chi connectivity index (χ3n) is 6.05. The largest absolute Gasteiger partial charge is 0.493 e. The number of nitrogens with zero attached hydrogens (tertiary/aromatic N) is 1. The second-order valence-corrected chi connectivity index (χ2v) is 9.42. The monoisotopic (exact) mass is 535 g/mol.